The predicted molar refractivity (Wildman–Crippen MR) is 109 cm³/mol. The monoisotopic (exact) mass is 379 g/mol. The van der Waals surface area contributed by atoms with Gasteiger partial charge in [-0.1, -0.05) is 77.8 Å². The normalized spacial score (nSPS) is 12.9. The predicted octanol–water partition coefficient (Wildman–Crippen LogP) is 5.32. The first-order valence-corrected chi connectivity index (χ1v) is 9.25. The summed E-state index contributed by atoms with van der Waals surface area (Å²) in [4.78, 5) is 12.8. The second kappa shape index (κ2) is 8.74. The summed E-state index contributed by atoms with van der Waals surface area (Å²) in [6, 6.07) is 24.9. The van der Waals surface area contributed by atoms with Gasteiger partial charge in [0.25, 0.3) is 5.91 Å². The molecule has 0 aliphatic heterocycles. The maximum Gasteiger partial charge on any atom is 0.261 e. The Balaban J connectivity index is 1.79. The molecule has 3 nitrogen and oxygen atoms in total. The van der Waals surface area contributed by atoms with Crippen LogP contribution in [0.5, 0.6) is 5.75 Å². The quantitative estimate of drug-likeness (QED) is 0.629. The van der Waals surface area contributed by atoms with E-state index in [0.717, 1.165) is 11.1 Å². The van der Waals surface area contributed by atoms with Crippen LogP contribution in [0.3, 0.4) is 0 Å². The van der Waals surface area contributed by atoms with Crippen molar-refractivity contribution in [1.82, 2.24) is 5.32 Å². The van der Waals surface area contributed by atoms with Crippen molar-refractivity contribution >= 4 is 17.5 Å². The summed E-state index contributed by atoms with van der Waals surface area (Å²) in [6.07, 6.45) is -0.653. The van der Waals surface area contributed by atoms with Gasteiger partial charge in [0.15, 0.2) is 6.10 Å². The molecule has 27 heavy (non-hydrogen) atoms. The molecule has 0 aromatic heterocycles. The highest BCUT2D eigenvalue weighted by molar-refractivity contribution is 6.30. The van der Waals surface area contributed by atoms with Crippen molar-refractivity contribution < 1.29 is 9.53 Å². The van der Waals surface area contributed by atoms with Crippen LogP contribution in [0.1, 0.15) is 29.7 Å². The highest BCUT2D eigenvalue weighted by Crippen LogP contribution is 2.23. The lowest BCUT2D eigenvalue weighted by Gasteiger charge is -2.23. The maximum absolute atomic E-state index is 12.8. The van der Waals surface area contributed by atoms with Crippen molar-refractivity contribution in [3.8, 4) is 5.75 Å². The average Bonchev–Trinajstić information content (AvgIpc) is 2.67. The number of amides is 1. The summed E-state index contributed by atoms with van der Waals surface area (Å²) in [5, 5.41) is 3.68. The smallest absolute Gasteiger partial charge is 0.261 e. The molecule has 0 aliphatic rings. The number of ether oxygens (including phenoxy) is 1. The molecule has 1 amide bonds. The average molecular weight is 380 g/mol. The van der Waals surface area contributed by atoms with Gasteiger partial charge >= 0.3 is 0 Å². The molecule has 0 fully saturated rings. The third-order valence-electron chi connectivity index (χ3n) is 4.31. The van der Waals surface area contributed by atoms with Crippen molar-refractivity contribution in [1.29, 1.82) is 0 Å². The van der Waals surface area contributed by atoms with Crippen LogP contribution in [0.25, 0.3) is 0 Å². The van der Waals surface area contributed by atoms with E-state index in [1.54, 1.807) is 31.2 Å². The molecule has 0 spiro atoms. The van der Waals surface area contributed by atoms with E-state index in [4.69, 9.17) is 16.3 Å². The molecule has 1 N–H and O–H groups in total. The molecule has 3 aromatic carbocycles. The van der Waals surface area contributed by atoms with Gasteiger partial charge in [-0.2, -0.15) is 0 Å². The molecule has 0 unspecified atom stereocenters. The molecule has 3 rings (SSSR count). The minimum atomic E-state index is -0.653. The number of carbonyl (C=O) groups excluding carboxylic acids is 1. The molecule has 2 atom stereocenters. The topological polar surface area (TPSA) is 38.3 Å². The van der Waals surface area contributed by atoms with E-state index in [1.165, 1.54) is 5.56 Å². The molecular weight excluding hydrogens is 358 g/mol. The van der Waals surface area contributed by atoms with E-state index in [-0.39, 0.29) is 11.9 Å². The molecule has 0 saturated carbocycles. The number of hydrogen-bond acceptors (Lipinski definition) is 2. The van der Waals surface area contributed by atoms with E-state index in [1.807, 2.05) is 61.5 Å². The van der Waals surface area contributed by atoms with Crippen molar-refractivity contribution in [2.24, 2.45) is 0 Å². The van der Waals surface area contributed by atoms with Crippen LogP contribution in [0.4, 0.5) is 0 Å². The first-order valence-electron chi connectivity index (χ1n) is 8.87. The largest absolute Gasteiger partial charge is 0.481 e. The van der Waals surface area contributed by atoms with E-state index < -0.39 is 6.10 Å². The Morgan fingerprint density at radius 1 is 0.926 bits per heavy atom. The van der Waals surface area contributed by atoms with Crippen LogP contribution in [0, 0.1) is 6.92 Å². The van der Waals surface area contributed by atoms with E-state index >= 15 is 0 Å². The number of carbonyl (C=O) groups is 1. The Morgan fingerprint density at radius 3 is 2.26 bits per heavy atom. The molecule has 138 valence electrons. The third kappa shape index (κ3) is 5.11. The van der Waals surface area contributed by atoms with Gasteiger partial charge < -0.3 is 10.1 Å². The molecule has 3 aromatic rings. The van der Waals surface area contributed by atoms with Crippen molar-refractivity contribution in [2.75, 3.05) is 0 Å². The molecule has 0 heterocycles. The van der Waals surface area contributed by atoms with E-state index in [2.05, 4.69) is 5.32 Å². The Hall–Kier alpha value is -2.78. The number of nitrogens with one attached hydrogen (secondary N) is 1. The van der Waals surface area contributed by atoms with Crippen molar-refractivity contribution in [3.63, 3.8) is 0 Å². The summed E-state index contributed by atoms with van der Waals surface area (Å²) < 4.78 is 5.75. The molecular formula is C23H22ClNO2. The Morgan fingerprint density at radius 2 is 1.59 bits per heavy atom. The van der Waals surface area contributed by atoms with Gasteiger partial charge in [-0.15, -0.1) is 0 Å². The number of halogens is 1. The first-order chi connectivity index (χ1) is 13.0. The standard InChI is InChI=1S/C23H22ClNO2/c1-16-11-13-19(14-12-16)22(18-7-4-3-5-8-18)25-23(26)17(2)27-21-10-6-9-20(24)15-21/h3-15,17,22H,1-2H3,(H,25,26)/t17-,22+/m1/s1. The summed E-state index contributed by atoms with van der Waals surface area (Å²) in [5.41, 5.74) is 3.22. The fourth-order valence-corrected chi connectivity index (χ4v) is 3.00. The van der Waals surface area contributed by atoms with Gasteiger partial charge in [0.2, 0.25) is 0 Å². The number of rotatable bonds is 6. The van der Waals surface area contributed by atoms with Crippen LogP contribution in [0.15, 0.2) is 78.9 Å². The van der Waals surface area contributed by atoms with Crippen LogP contribution < -0.4 is 10.1 Å². The van der Waals surface area contributed by atoms with Gasteiger partial charge in [0, 0.05) is 5.02 Å². The summed E-state index contributed by atoms with van der Waals surface area (Å²) >= 11 is 5.98. The van der Waals surface area contributed by atoms with Crippen molar-refractivity contribution in [2.45, 2.75) is 26.0 Å². The van der Waals surface area contributed by atoms with Crippen LogP contribution in [-0.4, -0.2) is 12.0 Å². The molecule has 4 heteroatoms. The second-order valence-corrected chi connectivity index (χ2v) is 6.92. The van der Waals surface area contributed by atoms with Crippen LogP contribution >= 0.6 is 11.6 Å². The van der Waals surface area contributed by atoms with E-state index in [9.17, 15) is 4.79 Å². The zero-order chi connectivity index (χ0) is 19.2. The third-order valence-corrected chi connectivity index (χ3v) is 4.54. The zero-order valence-corrected chi connectivity index (χ0v) is 16.1. The SMILES string of the molecule is Cc1ccc([C@@H](NC(=O)[C@@H](C)Oc2cccc(Cl)c2)c2ccccc2)cc1. The number of hydrogen-bond donors (Lipinski definition) is 1. The maximum atomic E-state index is 12.8. The molecule has 0 aliphatic carbocycles. The highest BCUT2D eigenvalue weighted by Gasteiger charge is 2.21. The zero-order valence-electron chi connectivity index (χ0n) is 15.4. The second-order valence-electron chi connectivity index (χ2n) is 6.48. The molecule has 0 radical (unpaired) electrons. The number of aryl methyl sites for hydroxylation is 1. The fourth-order valence-electron chi connectivity index (χ4n) is 2.82. The minimum Gasteiger partial charge on any atom is -0.481 e. The van der Waals surface area contributed by atoms with Gasteiger partial charge in [-0.25, -0.2) is 0 Å². The lowest BCUT2D eigenvalue weighted by molar-refractivity contribution is -0.127. The highest BCUT2D eigenvalue weighted by atomic mass is 35.5. The lowest BCUT2D eigenvalue weighted by Crippen LogP contribution is -2.39. The molecule has 0 saturated heterocycles. The Kier molecular flexibility index (Phi) is 6.15. The van der Waals surface area contributed by atoms with Gasteiger partial charge in [0.1, 0.15) is 5.75 Å². The van der Waals surface area contributed by atoms with Gasteiger partial charge in [-0.3, -0.25) is 4.79 Å². The van der Waals surface area contributed by atoms with Crippen LogP contribution in [0.2, 0.25) is 5.02 Å². The Bertz CT molecular complexity index is 894. The Labute approximate surface area is 164 Å². The van der Waals surface area contributed by atoms with Gasteiger partial charge in [0.05, 0.1) is 6.04 Å². The first kappa shape index (κ1) is 19.0. The lowest BCUT2D eigenvalue weighted by atomic mass is 9.97. The van der Waals surface area contributed by atoms with Crippen molar-refractivity contribution in [3.05, 3.63) is 101 Å². The van der Waals surface area contributed by atoms with Crippen LogP contribution in [-0.2, 0) is 4.79 Å². The summed E-state index contributed by atoms with van der Waals surface area (Å²) in [5.74, 6) is 0.376. The minimum absolute atomic E-state index is 0.190. The number of benzene rings is 3. The van der Waals surface area contributed by atoms with E-state index in [0.29, 0.717) is 10.8 Å². The summed E-state index contributed by atoms with van der Waals surface area (Å²) in [7, 11) is 0. The van der Waals surface area contributed by atoms with Gasteiger partial charge in [-0.05, 0) is 43.2 Å². The summed E-state index contributed by atoms with van der Waals surface area (Å²) in [6.45, 7) is 3.77. The molecule has 0 bridgehead atoms. The fraction of sp³-hybridized carbons (Fsp3) is 0.174.